The molecule has 14 heteroatoms. The molecule has 4 amide bonds. The first kappa shape index (κ1) is 31.2. The van der Waals surface area contributed by atoms with E-state index in [1.54, 1.807) is 46.1 Å². The molecule has 6 rings (SSSR count). The van der Waals surface area contributed by atoms with Gasteiger partial charge >= 0.3 is 6.03 Å². The lowest BCUT2D eigenvalue weighted by Crippen LogP contribution is -2.65. The molecule has 3 heterocycles. The summed E-state index contributed by atoms with van der Waals surface area (Å²) >= 11 is 1.37. The van der Waals surface area contributed by atoms with Crippen LogP contribution in [0.3, 0.4) is 0 Å². The number of amides is 4. The zero-order valence-electron chi connectivity index (χ0n) is 25.1. The number of carbonyl (C=O) groups excluding carboxylic acids is 3. The number of fused-ring (bicyclic) bond motifs is 2. The largest absolute Gasteiger partial charge is 0.491 e. The van der Waals surface area contributed by atoms with Gasteiger partial charge in [0.25, 0.3) is 0 Å². The van der Waals surface area contributed by atoms with E-state index in [0.29, 0.717) is 10.9 Å². The molecule has 0 radical (unpaired) electrons. The number of thiazole rings is 1. The van der Waals surface area contributed by atoms with Crippen molar-refractivity contribution < 1.29 is 28.6 Å². The van der Waals surface area contributed by atoms with Crippen LogP contribution in [0, 0.1) is 5.82 Å². The van der Waals surface area contributed by atoms with E-state index in [1.807, 2.05) is 30.3 Å². The van der Waals surface area contributed by atoms with E-state index in [2.05, 4.69) is 10.3 Å². The van der Waals surface area contributed by atoms with Crippen LogP contribution in [-0.2, 0) is 29.1 Å². The Labute approximate surface area is 268 Å². The second kappa shape index (κ2) is 13.3. The van der Waals surface area contributed by atoms with E-state index in [-0.39, 0.29) is 63.4 Å². The van der Waals surface area contributed by atoms with Crippen molar-refractivity contribution in [2.75, 3.05) is 39.1 Å². The number of halogens is 1. The van der Waals surface area contributed by atoms with Gasteiger partial charge in [-0.25, -0.2) is 14.2 Å². The van der Waals surface area contributed by atoms with Crippen molar-refractivity contribution in [3.8, 4) is 5.75 Å². The van der Waals surface area contributed by atoms with Gasteiger partial charge < -0.3 is 30.7 Å². The Kier molecular flexibility index (Phi) is 9.01. The highest BCUT2D eigenvalue weighted by atomic mass is 32.1. The molecule has 12 nitrogen and oxygen atoms in total. The van der Waals surface area contributed by atoms with Crippen molar-refractivity contribution in [2.24, 2.45) is 0 Å². The average molecular weight is 648 g/mol. The van der Waals surface area contributed by atoms with Gasteiger partial charge in [-0.1, -0.05) is 47.7 Å². The highest BCUT2D eigenvalue weighted by Crippen LogP contribution is 2.32. The molecule has 240 valence electrons. The first-order valence-corrected chi connectivity index (χ1v) is 15.6. The van der Waals surface area contributed by atoms with Crippen molar-refractivity contribution in [3.05, 3.63) is 89.2 Å². The molecule has 0 saturated carbocycles. The molecular formula is C32H34FN7O5S. The van der Waals surface area contributed by atoms with Crippen molar-refractivity contribution in [3.63, 3.8) is 0 Å². The minimum Gasteiger partial charge on any atom is -0.491 e. The molecule has 2 aliphatic heterocycles. The van der Waals surface area contributed by atoms with Gasteiger partial charge in [-0.2, -0.15) is 5.01 Å². The van der Waals surface area contributed by atoms with Crippen molar-refractivity contribution in [2.45, 2.75) is 31.7 Å². The standard InChI is InChI=1S/C32H34FN7O5S/c1-37(32(44)35-16-21-5-9-23(33)10-6-21)39-19-28(42)40-25(15-20-7-11-24(12-8-20)45-14-13-41)30(43)38(18-27(39)40)17-22-3-2-4-26-29(22)36-31(34)46-26/h2-12,25,27,41H,13-19H2,1H3,(H2,34,36)(H,35,44)/t25-,27+/m0/s1. The maximum atomic E-state index is 14.2. The third-order valence-corrected chi connectivity index (χ3v) is 9.05. The third kappa shape index (κ3) is 6.45. The molecule has 2 aliphatic rings. The van der Waals surface area contributed by atoms with E-state index in [4.69, 9.17) is 15.6 Å². The summed E-state index contributed by atoms with van der Waals surface area (Å²) in [5, 5.41) is 15.4. The smallest absolute Gasteiger partial charge is 0.332 e. The van der Waals surface area contributed by atoms with E-state index < -0.39 is 18.2 Å². The van der Waals surface area contributed by atoms with Gasteiger partial charge in [0.15, 0.2) is 5.13 Å². The minimum atomic E-state index is -0.823. The lowest BCUT2D eigenvalue weighted by atomic mass is 9.99. The molecule has 2 saturated heterocycles. The summed E-state index contributed by atoms with van der Waals surface area (Å²) in [4.78, 5) is 48.8. The molecule has 2 fully saturated rings. The molecule has 3 aromatic carbocycles. The van der Waals surface area contributed by atoms with Crippen LogP contribution in [0.5, 0.6) is 5.75 Å². The Morgan fingerprint density at radius 2 is 1.87 bits per heavy atom. The number of ether oxygens (including phenoxy) is 1. The fourth-order valence-electron chi connectivity index (χ4n) is 5.93. The number of piperazine rings is 1. The Hall–Kier alpha value is -4.79. The van der Waals surface area contributed by atoms with Gasteiger partial charge in [0.2, 0.25) is 11.8 Å². The van der Waals surface area contributed by atoms with E-state index >= 15 is 0 Å². The summed E-state index contributed by atoms with van der Waals surface area (Å²) in [5.74, 6) is -0.261. The number of urea groups is 1. The van der Waals surface area contributed by atoms with Gasteiger partial charge in [0.1, 0.15) is 30.4 Å². The average Bonchev–Trinajstić information content (AvgIpc) is 3.60. The first-order chi connectivity index (χ1) is 22.2. The number of aliphatic hydroxyl groups excluding tert-OH is 1. The zero-order valence-corrected chi connectivity index (χ0v) is 26.0. The Bertz CT molecular complexity index is 1740. The van der Waals surface area contributed by atoms with Gasteiger partial charge in [-0.05, 0) is 47.0 Å². The van der Waals surface area contributed by atoms with E-state index in [9.17, 15) is 18.8 Å². The number of nitrogens with one attached hydrogen (secondary N) is 1. The molecule has 0 unspecified atom stereocenters. The summed E-state index contributed by atoms with van der Waals surface area (Å²) in [5.41, 5.74) is 9.10. The predicted octanol–water partition coefficient (Wildman–Crippen LogP) is 2.57. The van der Waals surface area contributed by atoms with E-state index in [1.165, 1.54) is 28.5 Å². The van der Waals surface area contributed by atoms with Crippen LogP contribution in [0.15, 0.2) is 66.7 Å². The number of aliphatic hydroxyl groups is 1. The molecule has 0 aliphatic carbocycles. The number of hydrogen-bond donors (Lipinski definition) is 3. The normalized spacial score (nSPS) is 18.2. The Balaban J connectivity index is 1.26. The summed E-state index contributed by atoms with van der Waals surface area (Å²) in [7, 11) is 1.58. The Morgan fingerprint density at radius 1 is 1.13 bits per heavy atom. The second-order valence-electron chi connectivity index (χ2n) is 11.2. The number of benzene rings is 3. The monoisotopic (exact) mass is 647 g/mol. The molecule has 0 bridgehead atoms. The van der Waals surface area contributed by atoms with Gasteiger partial charge in [-0.15, -0.1) is 0 Å². The van der Waals surface area contributed by atoms with Gasteiger partial charge in [0, 0.05) is 26.6 Å². The van der Waals surface area contributed by atoms with Crippen LogP contribution in [0.1, 0.15) is 16.7 Å². The summed E-state index contributed by atoms with van der Waals surface area (Å²) < 4.78 is 19.7. The Morgan fingerprint density at radius 3 is 2.61 bits per heavy atom. The van der Waals surface area contributed by atoms with Crippen molar-refractivity contribution >= 4 is 44.5 Å². The number of hydrogen-bond acceptors (Lipinski definition) is 9. The summed E-state index contributed by atoms with van der Waals surface area (Å²) in [6.07, 6.45) is -0.358. The lowest BCUT2D eigenvalue weighted by molar-refractivity contribution is -0.157. The number of rotatable bonds is 10. The van der Waals surface area contributed by atoms with Crippen LogP contribution >= 0.6 is 11.3 Å². The highest BCUT2D eigenvalue weighted by Gasteiger charge is 2.51. The van der Waals surface area contributed by atoms with Crippen molar-refractivity contribution in [1.82, 2.24) is 30.1 Å². The number of aromatic nitrogens is 1. The zero-order chi connectivity index (χ0) is 32.4. The molecule has 4 N–H and O–H groups in total. The third-order valence-electron chi connectivity index (χ3n) is 8.20. The van der Waals surface area contributed by atoms with Gasteiger partial charge in [-0.3, -0.25) is 14.6 Å². The highest BCUT2D eigenvalue weighted by molar-refractivity contribution is 7.22. The van der Waals surface area contributed by atoms with Crippen LogP contribution in [0.25, 0.3) is 10.2 Å². The fourth-order valence-corrected chi connectivity index (χ4v) is 6.71. The molecule has 46 heavy (non-hydrogen) atoms. The van der Waals surface area contributed by atoms with Crippen LogP contribution in [0.4, 0.5) is 14.3 Å². The maximum absolute atomic E-state index is 14.2. The fraction of sp³-hybridized carbons (Fsp3) is 0.312. The van der Waals surface area contributed by atoms with Crippen molar-refractivity contribution in [1.29, 1.82) is 0 Å². The van der Waals surface area contributed by atoms with Crippen LogP contribution in [-0.4, -0.2) is 93.3 Å². The first-order valence-electron chi connectivity index (χ1n) is 14.8. The topological polar surface area (TPSA) is 145 Å². The van der Waals surface area contributed by atoms with E-state index in [0.717, 1.165) is 26.9 Å². The molecular weight excluding hydrogens is 613 g/mol. The number of nitrogens with two attached hydrogens (primary N) is 1. The molecule has 1 aromatic heterocycles. The number of para-hydroxylation sites is 1. The maximum Gasteiger partial charge on any atom is 0.332 e. The molecule has 2 atom stereocenters. The number of hydrazine groups is 1. The SMILES string of the molecule is CN(C(=O)NCc1ccc(F)cc1)N1CC(=O)N2[C@@H](Cc3ccc(OCCO)cc3)C(=O)N(Cc3cccc4sc(N)nc34)C[C@@H]21. The number of carbonyl (C=O) groups is 3. The number of anilines is 1. The molecule has 4 aromatic rings. The quantitative estimate of drug-likeness (QED) is 0.238. The molecule has 0 spiro atoms. The van der Waals surface area contributed by atoms with Crippen LogP contribution < -0.4 is 15.8 Å². The number of nitrogen functional groups attached to an aromatic ring is 1. The number of nitrogens with zero attached hydrogens (tertiary/aromatic N) is 5. The summed E-state index contributed by atoms with van der Waals surface area (Å²) in [6, 6.07) is 17.5. The lowest BCUT2D eigenvalue weighted by Gasteiger charge is -2.45. The second-order valence-corrected chi connectivity index (χ2v) is 12.2. The van der Waals surface area contributed by atoms with Crippen LogP contribution in [0.2, 0.25) is 0 Å². The van der Waals surface area contributed by atoms with Gasteiger partial charge in [0.05, 0.1) is 29.9 Å². The predicted molar refractivity (Wildman–Crippen MR) is 170 cm³/mol. The minimum absolute atomic E-state index is 0.0884. The summed E-state index contributed by atoms with van der Waals surface area (Å²) in [6.45, 7) is 0.554.